The van der Waals surface area contributed by atoms with E-state index in [-0.39, 0.29) is 35.3 Å². The normalized spacial score (nSPS) is 17.5. The minimum Gasteiger partial charge on any atom is -0.456 e. The lowest BCUT2D eigenvalue weighted by molar-refractivity contribution is -0.162. The van der Waals surface area contributed by atoms with Gasteiger partial charge in [0.25, 0.3) is 0 Å². The van der Waals surface area contributed by atoms with Crippen molar-refractivity contribution in [1.82, 2.24) is 0 Å². The highest BCUT2D eigenvalue weighted by molar-refractivity contribution is 7.99. The molecule has 61 heavy (non-hydrogen) atoms. The van der Waals surface area contributed by atoms with Crippen LogP contribution in [0.5, 0.6) is 23.0 Å². The fourth-order valence-electron chi connectivity index (χ4n) is 8.24. The van der Waals surface area contributed by atoms with E-state index in [4.69, 9.17) is 28.4 Å². The van der Waals surface area contributed by atoms with Gasteiger partial charge in [0.05, 0.1) is 24.3 Å². The average molecular weight is 835 g/mol. The number of carbonyl (C=O) groups is 2. The summed E-state index contributed by atoms with van der Waals surface area (Å²) in [5.41, 5.74) is 3.35. The van der Waals surface area contributed by atoms with E-state index in [0.29, 0.717) is 58.1 Å². The van der Waals surface area contributed by atoms with E-state index < -0.39 is 0 Å². The molecule has 2 atom stereocenters. The van der Waals surface area contributed by atoms with E-state index in [0.717, 1.165) is 98.3 Å². The van der Waals surface area contributed by atoms with Gasteiger partial charge in [-0.2, -0.15) is 0 Å². The number of ether oxygens (including phenoxy) is 6. The lowest BCUT2D eigenvalue weighted by Crippen LogP contribution is -2.22. The van der Waals surface area contributed by atoms with Crippen molar-refractivity contribution < 1.29 is 38.0 Å². The molecule has 2 unspecified atom stereocenters. The van der Waals surface area contributed by atoms with Crippen molar-refractivity contribution in [3.05, 3.63) is 155 Å². The molecule has 3 aliphatic rings. The van der Waals surface area contributed by atoms with Crippen LogP contribution >= 0.6 is 11.8 Å². The van der Waals surface area contributed by atoms with Gasteiger partial charge in [-0.05, 0) is 130 Å². The van der Waals surface area contributed by atoms with Crippen molar-refractivity contribution in [2.75, 3.05) is 26.4 Å². The molecule has 2 fully saturated rings. The molecule has 312 valence electrons. The Bertz CT molecular complexity index is 2450. The van der Waals surface area contributed by atoms with Gasteiger partial charge < -0.3 is 28.4 Å². The molecular weight excluding hydrogens is 785 g/mol. The smallest absolute Gasteiger partial charge is 0.198 e. The highest BCUT2D eigenvalue weighted by Crippen LogP contribution is 2.49. The SMILES string of the molecule is O=C1c2ccccc2C(=O)c2c1c(Oc1ccc(CCCOC3CCCCO3)cc1)c1ccc(Sc3ccccc3)cc1c2Oc1ccc(CCCOC2CCCCO2)cc1. The zero-order chi connectivity index (χ0) is 41.4. The standard InChI is InChI=1S/C52H50O8S/c53-49-41-16-4-5-17-42(41)50(54)48-47(49)51(59-37-24-20-35(21-25-37)12-10-32-57-45-18-6-8-30-55-45)43-29-28-40(61-39-14-2-1-3-15-39)34-44(43)52(48)60-38-26-22-36(23-27-38)13-11-33-58-46-19-7-9-31-56-46/h1-5,14-17,20-29,34,45-46H,6-13,18-19,30-33H2. The van der Waals surface area contributed by atoms with Gasteiger partial charge in [-0.1, -0.05) is 78.5 Å². The van der Waals surface area contributed by atoms with Crippen LogP contribution in [0.3, 0.4) is 0 Å². The number of carbonyl (C=O) groups excluding carboxylic acids is 2. The van der Waals surface area contributed by atoms with E-state index in [9.17, 15) is 9.59 Å². The molecule has 9 rings (SSSR count). The van der Waals surface area contributed by atoms with Crippen LogP contribution in [0.1, 0.15) is 94.3 Å². The molecule has 8 nitrogen and oxygen atoms in total. The predicted octanol–water partition coefficient (Wildman–Crippen LogP) is 12.3. The van der Waals surface area contributed by atoms with Gasteiger partial charge in [0.15, 0.2) is 24.1 Å². The second-order valence-electron chi connectivity index (χ2n) is 15.8. The number of benzene rings is 6. The van der Waals surface area contributed by atoms with Crippen molar-refractivity contribution in [2.45, 2.75) is 86.6 Å². The van der Waals surface area contributed by atoms with E-state index in [2.05, 4.69) is 12.1 Å². The topological polar surface area (TPSA) is 89.5 Å². The maximum atomic E-state index is 14.7. The van der Waals surface area contributed by atoms with E-state index in [1.807, 2.05) is 84.9 Å². The molecule has 0 bridgehead atoms. The molecule has 0 N–H and O–H groups in total. The minimum atomic E-state index is -0.289. The Balaban J connectivity index is 1.04. The molecule has 0 aromatic heterocycles. The fourth-order valence-corrected chi connectivity index (χ4v) is 9.12. The summed E-state index contributed by atoms with van der Waals surface area (Å²) in [4.78, 5) is 31.4. The minimum absolute atomic E-state index is 0.0974. The Morgan fingerprint density at radius 2 is 1.03 bits per heavy atom. The Hall–Kier alpha value is -5.29. The van der Waals surface area contributed by atoms with Crippen LogP contribution in [0.25, 0.3) is 10.8 Å². The largest absolute Gasteiger partial charge is 0.456 e. The quantitative estimate of drug-likeness (QED) is 0.0883. The second-order valence-corrected chi connectivity index (χ2v) is 16.9. The molecule has 2 heterocycles. The Labute approximate surface area is 361 Å². The third kappa shape index (κ3) is 9.77. The summed E-state index contributed by atoms with van der Waals surface area (Å²) in [6.07, 6.45) is 9.59. The molecule has 0 saturated carbocycles. The monoisotopic (exact) mass is 834 g/mol. The van der Waals surface area contributed by atoms with Gasteiger partial charge in [0, 0.05) is 44.9 Å². The molecule has 2 aliphatic heterocycles. The molecule has 0 amide bonds. The maximum Gasteiger partial charge on any atom is 0.198 e. The lowest BCUT2D eigenvalue weighted by Gasteiger charge is -2.25. The van der Waals surface area contributed by atoms with E-state index >= 15 is 0 Å². The number of aryl methyl sites for hydroxylation is 2. The van der Waals surface area contributed by atoms with Gasteiger partial charge in [0.1, 0.15) is 23.0 Å². The highest BCUT2D eigenvalue weighted by atomic mass is 32.2. The number of hydrogen-bond donors (Lipinski definition) is 0. The summed E-state index contributed by atoms with van der Waals surface area (Å²) in [5, 5.41) is 1.33. The van der Waals surface area contributed by atoms with Crippen LogP contribution in [-0.2, 0) is 31.8 Å². The van der Waals surface area contributed by atoms with E-state index in [1.165, 1.54) is 0 Å². The molecule has 2 saturated heterocycles. The van der Waals surface area contributed by atoms with Gasteiger partial charge >= 0.3 is 0 Å². The Kier molecular flexibility index (Phi) is 13.2. The van der Waals surface area contributed by atoms with Crippen molar-refractivity contribution in [1.29, 1.82) is 0 Å². The van der Waals surface area contributed by atoms with Crippen molar-refractivity contribution in [2.24, 2.45) is 0 Å². The first-order valence-corrected chi connectivity index (χ1v) is 22.4. The molecule has 1 aliphatic carbocycles. The van der Waals surface area contributed by atoms with Crippen LogP contribution in [0.4, 0.5) is 0 Å². The van der Waals surface area contributed by atoms with Crippen molar-refractivity contribution in [3.8, 4) is 23.0 Å². The molecule has 6 aromatic carbocycles. The first-order valence-electron chi connectivity index (χ1n) is 21.6. The molecule has 6 aromatic rings. The van der Waals surface area contributed by atoms with Crippen LogP contribution < -0.4 is 9.47 Å². The molecule has 0 spiro atoms. The molecular formula is C52H50O8S. The summed E-state index contributed by atoms with van der Waals surface area (Å²) in [6, 6.07) is 39.0. The van der Waals surface area contributed by atoms with Crippen LogP contribution in [0.15, 0.2) is 131 Å². The number of rotatable bonds is 16. The summed E-state index contributed by atoms with van der Waals surface area (Å²) < 4.78 is 36.9. The van der Waals surface area contributed by atoms with Crippen LogP contribution in [-0.4, -0.2) is 50.6 Å². The first-order chi connectivity index (χ1) is 30.1. The Morgan fingerprint density at radius 1 is 0.525 bits per heavy atom. The average Bonchev–Trinajstić information content (AvgIpc) is 3.31. The van der Waals surface area contributed by atoms with Crippen LogP contribution in [0, 0.1) is 0 Å². The first kappa shape index (κ1) is 41.1. The Morgan fingerprint density at radius 3 is 1.54 bits per heavy atom. The zero-order valence-electron chi connectivity index (χ0n) is 34.3. The summed E-state index contributed by atoms with van der Waals surface area (Å²) in [5.74, 6) is 1.19. The van der Waals surface area contributed by atoms with Gasteiger partial charge in [0.2, 0.25) is 0 Å². The highest BCUT2D eigenvalue weighted by Gasteiger charge is 2.38. The predicted molar refractivity (Wildman–Crippen MR) is 237 cm³/mol. The fraction of sp³-hybridized carbons (Fsp3) is 0.308. The lowest BCUT2D eigenvalue weighted by atomic mass is 9.81. The number of fused-ring (bicyclic) bond motifs is 3. The summed E-state index contributed by atoms with van der Waals surface area (Å²) >= 11 is 1.61. The van der Waals surface area contributed by atoms with Gasteiger partial charge in [-0.25, -0.2) is 0 Å². The van der Waals surface area contributed by atoms with Crippen molar-refractivity contribution in [3.63, 3.8) is 0 Å². The zero-order valence-corrected chi connectivity index (χ0v) is 35.1. The molecule has 9 heteroatoms. The maximum absolute atomic E-state index is 14.7. The number of hydrogen-bond acceptors (Lipinski definition) is 9. The van der Waals surface area contributed by atoms with Gasteiger partial charge in [-0.15, -0.1) is 0 Å². The van der Waals surface area contributed by atoms with E-state index in [1.54, 1.807) is 36.0 Å². The van der Waals surface area contributed by atoms with Crippen molar-refractivity contribution >= 4 is 34.1 Å². The van der Waals surface area contributed by atoms with Gasteiger partial charge in [-0.3, -0.25) is 9.59 Å². The second kappa shape index (κ2) is 19.6. The molecule has 0 radical (unpaired) electrons. The summed E-state index contributed by atoms with van der Waals surface area (Å²) in [7, 11) is 0. The van der Waals surface area contributed by atoms with Crippen LogP contribution in [0.2, 0.25) is 0 Å². The number of ketones is 2. The third-order valence-corrected chi connectivity index (χ3v) is 12.4. The third-order valence-electron chi connectivity index (χ3n) is 11.4. The summed E-state index contributed by atoms with van der Waals surface area (Å²) in [6.45, 7) is 2.80.